The molecule has 1 N–H and O–H groups in total. The van der Waals surface area contributed by atoms with Crippen molar-refractivity contribution in [2.24, 2.45) is 10.9 Å². The lowest BCUT2D eigenvalue weighted by atomic mass is 9.91. The molecule has 6 heteroatoms. The Bertz CT molecular complexity index is 532. The highest BCUT2D eigenvalue weighted by Gasteiger charge is 2.28. The summed E-state index contributed by atoms with van der Waals surface area (Å²) in [7, 11) is 3.27. The number of thiophene rings is 1. The maximum atomic E-state index is 11.6. The molecule has 2 heterocycles. The average Bonchev–Trinajstić information content (AvgIpc) is 3.10. The fourth-order valence-corrected chi connectivity index (χ4v) is 3.73. The number of ether oxygens (including phenoxy) is 1. The Morgan fingerprint density at radius 2 is 2.17 bits per heavy atom. The number of esters is 1. The van der Waals surface area contributed by atoms with Gasteiger partial charge in [-0.05, 0) is 24.3 Å². The molecule has 0 saturated carbocycles. The number of aliphatic imine (C=N–C) groups is 1. The first-order valence-electron chi connectivity index (χ1n) is 8.05. The Kier molecular flexibility index (Phi) is 6.04. The molecule has 5 nitrogen and oxygen atoms in total. The summed E-state index contributed by atoms with van der Waals surface area (Å²) in [5.41, 5.74) is 0.0639. The molecule has 2 rings (SSSR count). The molecule has 1 aliphatic rings. The maximum absolute atomic E-state index is 11.6. The first kappa shape index (κ1) is 17.8. The normalized spacial score (nSPS) is 17.2. The van der Waals surface area contributed by atoms with Crippen molar-refractivity contribution in [2.45, 2.75) is 32.1 Å². The van der Waals surface area contributed by atoms with Crippen LogP contribution in [-0.2, 0) is 14.9 Å². The average molecular weight is 337 g/mol. The molecule has 1 saturated heterocycles. The van der Waals surface area contributed by atoms with Crippen LogP contribution >= 0.6 is 11.3 Å². The van der Waals surface area contributed by atoms with Crippen molar-refractivity contribution in [1.82, 2.24) is 10.2 Å². The van der Waals surface area contributed by atoms with Gasteiger partial charge >= 0.3 is 5.97 Å². The van der Waals surface area contributed by atoms with Gasteiger partial charge in [-0.25, -0.2) is 0 Å². The number of rotatable bonds is 4. The van der Waals surface area contributed by atoms with Gasteiger partial charge in [0.1, 0.15) is 0 Å². The Balaban J connectivity index is 1.88. The summed E-state index contributed by atoms with van der Waals surface area (Å²) in [6.07, 6.45) is 1.64. The van der Waals surface area contributed by atoms with E-state index < -0.39 is 0 Å². The van der Waals surface area contributed by atoms with Gasteiger partial charge in [-0.15, -0.1) is 11.3 Å². The van der Waals surface area contributed by atoms with Crippen molar-refractivity contribution < 1.29 is 9.53 Å². The summed E-state index contributed by atoms with van der Waals surface area (Å²) in [6, 6.07) is 4.27. The van der Waals surface area contributed by atoms with Gasteiger partial charge in [-0.1, -0.05) is 19.9 Å². The quantitative estimate of drug-likeness (QED) is 0.521. The van der Waals surface area contributed by atoms with Crippen LogP contribution in [0.15, 0.2) is 22.5 Å². The number of carbonyl (C=O) groups excluding carboxylic acids is 1. The minimum Gasteiger partial charge on any atom is -0.469 e. The van der Waals surface area contributed by atoms with Crippen molar-refractivity contribution in [1.29, 1.82) is 0 Å². The van der Waals surface area contributed by atoms with Gasteiger partial charge in [0, 0.05) is 37.0 Å². The van der Waals surface area contributed by atoms with Crippen LogP contribution in [0.25, 0.3) is 0 Å². The van der Waals surface area contributed by atoms with Crippen molar-refractivity contribution in [2.75, 3.05) is 33.8 Å². The number of hydrogen-bond donors (Lipinski definition) is 1. The molecule has 1 fully saturated rings. The Morgan fingerprint density at radius 1 is 1.48 bits per heavy atom. The van der Waals surface area contributed by atoms with E-state index in [0.29, 0.717) is 0 Å². The largest absolute Gasteiger partial charge is 0.469 e. The van der Waals surface area contributed by atoms with E-state index >= 15 is 0 Å². The highest BCUT2D eigenvalue weighted by Crippen LogP contribution is 2.26. The minimum atomic E-state index is -0.0913. The molecule has 0 atom stereocenters. The molecule has 0 spiro atoms. The Hall–Kier alpha value is -1.56. The summed E-state index contributed by atoms with van der Waals surface area (Å²) in [5, 5.41) is 5.61. The van der Waals surface area contributed by atoms with Crippen LogP contribution in [0.3, 0.4) is 0 Å². The molecule has 0 radical (unpaired) electrons. The third-order valence-electron chi connectivity index (χ3n) is 4.42. The van der Waals surface area contributed by atoms with E-state index in [0.717, 1.165) is 38.4 Å². The van der Waals surface area contributed by atoms with E-state index in [-0.39, 0.29) is 17.3 Å². The molecule has 1 aromatic heterocycles. The lowest BCUT2D eigenvalue weighted by molar-refractivity contribution is -0.146. The number of nitrogens with one attached hydrogen (secondary N) is 1. The van der Waals surface area contributed by atoms with E-state index in [1.54, 1.807) is 11.3 Å². The summed E-state index contributed by atoms with van der Waals surface area (Å²) in [4.78, 5) is 19.6. The number of hydrogen-bond acceptors (Lipinski definition) is 4. The van der Waals surface area contributed by atoms with Crippen molar-refractivity contribution in [3.05, 3.63) is 22.4 Å². The highest BCUT2D eigenvalue weighted by atomic mass is 32.1. The molecule has 0 aromatic carbocycles. The maximum Gasteiger partial charge on any atom is 0.308 e. The number of nitrogens with zero attached hydrogens (tertiary/aromatic N) is 2. The fourth-order valence-electron chi connectivity index (χ4n) is 2.88. The Labute approximate surface area is 142 Å². The van der Waals surface area contributed by atoms with E-state index in [2.05, 4.69) is 46.6 Å². The van der Waals surface area contributed by atoms with Gasteiger partial charge in [-0.3, -0.25) is 9.79 Å². The lowest BCUT2D eigenvalue weighted by Crippen LogP contribution is -2.49. The third kappa shape index (κ3) is 4.47. The van der Waals surface area contributed by atoms with Gasteiger partial charge in [0.05, 0.1) is 13.0 Å². The van der Waals surface area contributed by atoms with Crippen LogP contribution in [0.4, 0.5) is 0 Å². The number of guanidine groups is 1. The van der Waals surface area contributed by atoms with E-state index in [1.807, 2.05) is 7.05 Å². The molecule has 0 aliphatic carbocycles. The van der Waals surface area contributed by atoms with Gasteiger partial charge in [-0.2, -0.15) is 0 Å². The van der Waals surface area contributed by atoms with Crippen LogP contribution in [-0.4, -0.2) is 50.6 Å². The molecular weight excluding hydrogens is 310 g/mol. The van der Waals surface area contributed by atoms with E-state index in [1.165, 1.54) is 12.0 Å². The first-order valence-corrected chi connectivity index (χ1v) is 8.93. The standard InChI is InChI=1S/C17H27N3O2S/c1-17(2,14-6-5-11-23-14)12-19-16(18-3)20-9-7-13(8-10-20)15(21)22-4/h5-6,11,13H,7-10,12H2,1-4H3,(H,18,19). The van der Waals surface area contributed by atoms with Gasteiger partial charge < -0.3 is 15.0 Å². The van der Waals surface area contributed by atoms with Crippen molar-refractivity contribution >= 4 is 23.3 Å². The van der Waals surface area contributed by atoms with Crippen LogP contribution in [0, 0.1) is 5.92 Å². The third-order valence-corrected chi connectivity index (χ3v) is 5.65. The molecular formula is C17H27N3O2S. The Morgan fingerprint density at radius 3 is 2.70 bits per heavy atom. The van der Waals surface area contributed by atoms with Crippen molar-refractivity contribution in [3.63, 3.8) is 0 Å². The van der Waals surface area contributed by atoms with Crippen LogP contribution in [0.1, 0.15) is 31.6 Å². The highest BCUT2D eigenvalue weighted by molar-refractivity contribution is 7.10. The van der Waals surface area contributed by atoms with Gasteiger partial charge in [0.25, 0.3) is 0 Å². The summed E-state index contributed by atoms with van der Waals surface area (Å²) in [6.45, 7) is 6.97. The molecule has 1 aliphatic heterocycles. The molecule has 128 valence electrons. The molecule has 0 unspecified atom stereocenters. The predicted molar refractivity (Wildman–Crippen MR) is 95.0 cm³/mol. The predicted octanol–water partition coefficient (Wildman–Crippen LogP) is 2.49. The summed E-state index contributed by atoms with van der Waals surface area (Å²) >= 11 is 1.79. The van der Waals surface area contributed by atoms with E-state index in [9.17, 15) is 4.79 Å². The van der Waals surface area contributed by atoms with E-state index in [4.69, 9.17) is 4.74 Å². The lowest BCUT2D eigenvalue weighted by Gasteiger charge is -2.34. The van der Waals surface area contributed by atoms with Gasteiger partial charge in [0.2, 0.25) is 0 Å². The zero-order valence-electron chi connectivity index (χ0n) is 14.5. The molecule has 0 amide bonds. The number of piperidine rings is 1. The second-order valence-corrected chi connectivity index (χ2v) is 7.49. The zero-order valence-corrected chi connectivity index (χ0v) is 15.3. The topological polar surface area (TPSA) is 53.9 Å². The molecule has 1 aromatic rings. The number of likely N-dealkylation sites (tertiary alicyclic amines) is 1. The number of carbonyl (C=O) groups is 1. The molecule has 0 bridgehead atoms. The van der Waals surface area contributed by atoms with Crippen molar-refractivity contribution in [3.8, 4) is 0 Å². The smallest absolute Gasteiger partial charge is 0.308 e. The first-order chi connectivity index (χ1) is 11.0. The zero-order chi connectivity index (χ0) is 16.9. The van der Waals surface area contributed by atoms with Crippen LogP contribution in [0.2, 0.25) is 0 Å². The molecule has 23 heavy (non-hydrogen) atoms. The monoisotopic (exact) mass is 337 g/mol. The fraction of sp³-hybridized carbons (Fsp3) is 0.647. The minimum absolute atomic E-state index is 0.0249. The van der Waals surface area contributed by atoms with Crippen LogP contribution in [0.5, 0.6) is 0 Å². The van der Waals surface area contributed by atoms with Gasteiger partial charge in [0.15, 0.2) is 5.96 Å². The SMILES string of the molecule is CN=C(NCC(C)(C)c1cccs1)N1CCC(C(=O)OC)CC1. The number of methoxy groups -OCH3 is 1. The van der Waals surface area contributed by atoms with Crippen LogP contribution < -0.4 is 5.32 Å². The second-order valence-electron chi connectivity index (χ2n) is 6.55. The second kappa shape index (κ2) is 7.81. The summed E-state index contributed by atoms with van der Waals surface area (Å²) < 4.78 is 4.84. The summed E-state index contributed by atoms with van der Waals surface area (Å²) in [5.74, 6) is 0.848.